The van der Waals surface area contributed by atoms with E-state index in [4.69, 9.17) is 11.6 Å². The summed E-state index contributed by atoms with van der Waals surface area (Å²) >= 11 is 5.97. The van der Waals surface area contributed by atoms with Crippen molar-refractivity contribution < 1.29 is 4.39 Å². The molecule has 0 aliphatic heterocycles. The second kappa shape index (κ2) is 4.96. The third kappa shape index (κ3) is 2.25. The van der Waals surface area contributed by atoms with E-state index in [0.717, 1.165) is 28.0 Å². The first-order chi connectivity index (χ1) is 10.7. The van der Waals surface area contributed by atoms with Gasteiger partial charge in [-0.05, 0) is 48.5 Å². The molecule has 0 amide bonds. The van der Waals surface area contributed by atoms with E-state index in [9.17, 15) is 4.39 Å². The number of imidazole rings is 1. The highest BCUT2D eigenvalue weighted by molar-refractivity contribution is 6.31. The molecule has 0 saturated carbocycles. The maximum Gasteiger partial charge on any atom is 0.156 e. The quantitative estimate of drug-likeness (QED) is 0.576. The normalized spacial score (nSPS) is 11.2. The van der Waals surface area contributed by atoms with E-state index in [1.165, 1.54) is 12.1 Å². The van der Waals surface area contributed by atoms with Gasteiger partial charge < -0.3 is 4.98 Å². The van der Waals surface area contributed by atoms with E-state index in [0.29, 0.717) is 10.8 Å². The van der Waals surface area contributed by atoms with Gasteiger partial charge in [-0.25, -0.2) is 9.37 Å². The van der Waals surface area contributed by atoms with Gasteiger partial charge in [-0.1, -0.05) is 11.6 Å². The number of nitrogens with zero attached hydrogens (tertiary/aromatic N) is 2. The Labute approximate surface area is 130 Å². The van der Waals surface area contributed by atoms with Gasteiger partial charge in [0.2, 0.25) is 0 Å². The number of benzene rings is 2. The minimum Gasteiger partial charge on any atom is -0.337 e. The summed E-state index contributed by atoms with van der Waals surface area (Å²) in [6.45, 7) is 0. The Kier molecular flexibility index (Phi) is 2.94. The number of nitrogens with one attached hydrogen (secondary N) is 2. The highest BCUT2D eigenvalue weighted by Gasteiger charge is 2.10. The van der Waals surface area contributed by atoms with E-state index < -0.39 is 0 Å². The van der Waals surface area contributed by atoms with Crippen molar-refractivity contribution in [2.75, 3.05) is 0 Å². The van der Waals surface area contributed by atoms with Crippen molar-refractivity contribution in [1.82, 2.24) is 20.2 Å². The number of hydrogen-bond donors (Lipinski definition) is 2. The maximum absolute atomic E-state index is 13.0. The Balaban J connectivity index is 1.74. The molecule has 0 aliphatic carbocycles. The second-order valence-corrected chi connectivity index (χ2v) is 5.36. The van der Waals surface area contributed by atoms with Crippen LogP contribution in [-0.4, -0.2) is 20.2 Å². The third-order valence-corrected chi connectivity index (χ3v) is 3.65. The number of fused-ring (bicyclic) bond motifs is 1. The van der Waals surface area contributed by atoms with Crippen LogP contribution in [0.1, 0.15) is 0 Å². The van der Waals surface area contributed by atoms with Gasteiger partial charge in [-0.3, -0.25) is 5.10 Å². The summed E-state index contributed by atoms with van der Waals surface area (Å²) in [5, 5.41) is 7.84. The molecule has 6 heteroatoms. The first kappa shape index (κ1) is 13.0. The van der Waals surface area contributed by atoms with Crippen LogP contribution < -0.4 is 0 Å². The first-order valence-corrected chi connectivity index (χ1v) is 7.04. The molecule has 2 heterocycles. The lowest BCUT2D eigenvalue weighted by Gasteiger charge is -1.94. The van der Waals surface area contributed by atoms with Gasteiger partial charge in [0.05, 0.1) is 16.7 Å². The molecule has 0 unspecified atom stereocenters. The van der Waals surface area contributed by atoms with Crippen molar-refractivity contribution in [2.45, 2.75) is 0 Å². The number of aromatic amines is 2. The average Bonchev–Trinajstić information content (AvgIpc) is 3.13. The van der Waals surface area contributed by atoms with Crippen molar-refractivity contribution in [3.8, 4) is 22.8 Å². The van der Waals surface area contributed by atoms with Gasteiger partial charge in [-0.15, -0.1) is 0 Å². The molecule has 2 aromatic carbocycles. The monoisotopic (exact) mass is 312 g/mol. The molecular weight excluding hydrogens is 303 g/mol. The lowest BCUT2D eigenvalue weighted by atomic mass is 10.1. The summed E-state index contributed by atoms with van der Waals surface area (Å²) in [5.74, 6) is 0.409. The topological polar surface area (TPSA) is 57.4 Å². The van der Waals surface area contributed by atoms with Crippen LogP contribution >= 0.6 is 11.6 Å². The van der Waals surface area contributed by atoms with Crippen molar-refractivity contribution in [2.24, 2.45) is 0 Å². The summed E-state index contributed by atoms with van der Waals surface area (Å²) in [4.78, 5) is 7.70. The van der Waals surface area contributed by atoms with E-state index >= 15 is 0 Å². The molecule has 108 valence electrons. The van der Waals surface area contributed by atoms with Crippen molar-refractivity contribution in [3.05, 3.63) is 59.4 Å². The van der Waals surface area contributed by atoms with E-state index in [-0.39, 0.29) is 5.82 Å². The Morgan fingerprint density at radius 2 is 1.82 bits per heavy atom. The van der Waals surface area contributed by atoms with Crippen LogP contribution in [0.3, 0.4) is 0 Å². The van der Waals surface area contributed by atoms with Gasteiger partial charge in [0.15, 0.2) is 5.82 Å². The first-order valence-electron chi connectivity index (χ1n) is 6.66. The maximum atomic E-state index is 13.0. The number of aromatic nitrogens is 4. The minimum atomic E-state index is -0.270. The lowest BCUT2D eigenvalue weighted by Crippen LogP contribution is -1.79. The van der Waals surface area contributed by atoms with Crippen molar-refractivity contribution >= 4 is 22.6 Å². The van der Waals surface area contributed by atoms with Gasteiger partial charge in [-0.2, -0.15) is 5.10 Å². The number of halogens is 2. The molecule has 0 atom stereocenters. The molecule has 2 N–H and O–H groups in total. The SMILES string of the molecule is Fc1ccc(-c2cc(-c3nc4ccc(Cl)cc4[nH]3)[nH]n2)cc1. The standard InChI is InChI=1S/C16H10ClFN4/c17-10-3-6-12-14(7-10)20-16(19-12)15-8-13(21-22-15)9-1-4-11(18)5-2-9/h1-8H,(H,19,20)(H,21,22). The molecule has 4 aromatic rings. The van der Waals surface area contributed by atoms with Crippen molar-refractivity contribution in [1.29, 1.82) is 0 Å². The predicted octanol–water partition coefficient (Wildman–Crippen LogP) is 4.41. The van der Waals surface area contributed by atoms with Gasteiger partial charge in [0.25, 0.3) is 0 Å². The fraction of sp³-hybridized carbons (Fsp3) is 0. The molecule has 0 radical (unpaired) electrons. The summed E-state index contributed by atoms with van der Waals surface area (Å²) < 4.78 is 13.0. The molecule has 0 aliphatic rings. The summed E-state index contributed by atoms with van der Waals surface area (Å²) in [5.41, 5.74) is 4.01. The van der Waals surface area contributed by atoms with E-state index in [2.05, 4.69) is 20.2 Å². The fourth-order valence-corrected chi connectivity index (χ4v) is 2.49. The van der Waals surface area contributed by atoms with Gasteiger partial charge >= 0.3 is 0 Å². The van der Waals surface area contributed by atoms with Crippen LogP contribution in [0.25, 0.3) is 33.8 Å². The van der Waals surface area contributed by atoms with Crippen LogP contribution in [0.15, 0.2) is 48.5 Å². The molecule has 0 bridgehead atoms. The third-order valence-electron chi connectivity index (χ3n) is 3.42. The summed E-state index contributed by atoms with van der Waals surface area (Å²) in [6, 6.07) is 13.5. The van der Waals surface area contributed by atoms with E-state index in [1.54, 1.807) is 18.2 Å². The van der Waals surface area contributed by atoms with Gasteiger partial charge in [0, 0.05) is 10.6 Å². The predicted molar refractivity (Wildman–Crippen MR) is 84.1 cm³/mol. The van der Waals surface area contributed by atoms with E-state index in [1.807, 2.05) is 18.2 Å². The highest BCUT2D eigenvalue weighted by Crippen LogP contribution is 2.25. The Morgan fingerprint density at radius 3 is 2.64 bits per heavy atom. The Hall–Kier alpha value is -2.66. The highest BCUT2D eigenvalue weighted by atomic mass is 35.5. The van der Waals surface area contributed by atoms with Crippen LogP contribution in [0, 0.1) is 5.82 Å². The molecule has 0 spiro atoms. The number of hydrogen-bond acceptors (Lipinski definition) is 2. The van der Waals surface area contributed by atoms with Crippen LogP contribution in [0.2, 0.25) is 5.02 Å². The molecule has 0 fully saturated rings. The smallest absolute Gasteiger partial charge is 0.156 e. The summed E-state index contributed by atoms with van der Waals surface area (Å²) in [6.07, 6.45) is 0. The number of H-pyrrole nitrogens is 2. The average molecular weight is 313 g/mol. The second-order valence-electron chi connectivity index (χ2n) is 4.92. The Bertz CT molecular complexity index is 956. The molecule has 2 aromatic heterocycles. The molecule has 0 saturated heterocycles. The van der Waals surface area contributed by atoms with Gasteiger partial charge in [0.1, 0.15) is 11.5 Å². The minimum absolute atomic E-state index is 0.270. The van der Waals surface area contributed by atoms with Crippen LogP contribution in [0.4, 0.5) is 4.39 Å². The zero-order valence-corrected chi connectivity index (χ0v) is 12.0. The number of rotatable bonds is 2. The molecular formula is C16H10ClFN4. The zero-order chi connectivity index (χ0) is 15.1. The molecule has 22 heavy (non-hydrogen) atoms. The van der Waals surface area contributed by atoms with Crippen LogP contribution in [-0.2, 0) is 0 Å². The van der Waals surface area contributed by atoms with Crippen molar-refractivity contribution in [3.63, 3.8) is 0 Å². The summed E-state index contributed by atoms with van der Waals surface area (Å²) in [7, 11) is 0. The Morgan fingerprint density at radius 1 is 1.00 bits per heavy atom. The fourth-order valence-electron chi connectivity index (χ4n) is 2.32. The lowest BCUT2D eigenvalue weighted by molar-refractivity contribution is 0.628. The van der Waals surface area contributed by atoms with Crippen LogP contribution in [0.5, 0.6) is 0 Å². The zero-order valence-electron chi connectivity index (χ0n) is 11.3. The molecule has 4 nitrogen and oxygen atoms in total. The molecule has 4 rings (SSSR count). The largest absolute Gasteiger partial charge is 0.337 e.